The summed E-state index contributed by atoms with van der Waals surface area (Å²) in [7, 11) is 0. The maximum absolute atomic E-state index is 13.1. The Morgan fingerprint density at radius 1 is 1.08 bits per heavy atom. The van der Waals surface area contributed by atoms with E-state index in [-0.39, 0.29) is 4.32 Å². The molecule has 10 heteroatoms. The minimum atomic E-state index is -0.474. The normalized spacial score (nSPS) is 14.0. The molecule has 1 aliphatic rings. The van der Waals surface area contributed by atoms with Gasteiger partial charge in [0.15, 0.2) is 15.8 Å². The van der Waals surface area contributed by atoms with E-state index in [0.29, 0.717) is 51.6 Å². The summed E-state index contributed by atoms with van der Waals surface area (Å²) in [5.41, 5.74) is 5.45. The summed E-state index contributed by atoms with van der Waals surface area (Å²) in [4.78, 5) is 26.1. The SMILES string of the molecule is C=CCc1cc(/C=C2\SC(=S)N(NC(=O)c3ccc(Cl)cc3)C2=O)cc(OCC)c1OCc1ccc(Cl)cc1. The van der Waals surface area contributed by atoms with Crippen LogP contribution in [0.25, 0.3) is 6.08 Å². The molecule has 0 atom stereocenters. The first-order valence-electron chi connectivity index (χ1n) is 11.9. The smallest absolute Gasteiger partial charge is 0.285 e. The number of carbonyl (C=O) groups is 2. The molecule has 1 fully saturated rings. The topological polar surface area (TPSA) is 67.9 Å². The van der Waals surface area contributed by atoms with Crippen LogP contribution >= 0.6 is 47.2 Å². The van der Waals surface area contributed by atoms with Gasteiger partial charge in [0.25, 0.3) is 11.8 Å². The number of nitrogens with one attached hydrogen (secondary N) is 1. The third-order valence-corrected chi connectivity index (χ3v) is 7.33. The fraction of sp³-hybridized carbons (Fsp3) is 0.138. The van der Waals surface area contributed by atoms with Crippen molar-refractivity contribution in [3.05, 3.63) is 111 Å². The Balaban J connectivity index is 1.58. The average molecular weight is 600 g/mol. The molecule has 1 saturated heterocycles. The number of hydrazine groups is 1. The van der Waals surface area contributed by atoms with Crippen LogP contribution in [0.1, 0.15) is 34.0 Å². The third-order valence-electron chi connectivity index (χ3n) is 5.53. The molecule has 3 aromatic rings. The van der Waals surface area contributed by atoms with Gasteiger partial charge in [-0.05, 0) is 91.3 Å². The Morgan fingerprint density at radius 3 is 2.38 bits per heavy atom. The van der Waals surface area contributed by atoms with Gasteiger partial charge in [-0.25, -0.2) is 0 Å². The van der Waals surface area contributed by atoms with Crippen LogP contribution in [0.5, 0.6) is 11.5 Å². The number of amides is 2. The Morgan fingerprint density at radius 2 is 1.74 bits per heavy atom. The van der Waals surface area contributed by atoms with Gasteiger partial charge in [-0.15, -0.1) is 6.58 Å². The zero-order valence-corrected chi connectivity index (χ0v) is 24.1. The van der Waals surface area contributed by atoms with Crippen molar-refractivity contribution in [1.29, 1.82) is 0 Å². The zero-order valence-electron chi connectivity index (χ0n) is 20.9. The summed E-state index contributed by atoms with van der Waals surface area (Å²) in [6.45, 7) is 6.50. The molecule has 0 bridgehead atoms. The Labute approximate surface area is 246 Å². The molecule has 0 aliphatic carbocycles. The first-order chi connectivity index (χ1) is 18.8. The van der Waals surface area contributed by atoms with Gasteiger partial charge in [0, 0.05) is 21.2 Å². The zero-order chi connectivity index (χ0) is 27.9. The van der Waals surface area contributed by atoms with E-state index < -0.39 is 11.8 Å². The molecule has 0 spiro atoms. The number of nitrogens with zero attached hydrogens (tertiary/aromatic N) is 1. The second-order valence-electron chi connectivity index (χ2n) is 8.31. The highest BCUT2D eigenvalue weighted by molar-refractivity contribution is 8.26. The Kier molecular flexibility index (Phi) is 9.69. The van der Waals surface area contributed by atoms with Crippen molar-refractivity contribution in [1.82, 2.24) is 10.4 Å². The van der Waals surface area contributed by atoms with Crippen molar-refractivity contribution in [3.8, 4) is 11.5 Å². The van der Waals surface area contributed by atoms with Crippen LogP contribution in [0.2, 0.25) is 10.0 Å². The largest absolute Gasteiger partial charge is 0.490 e. The second-order valence-corrected chi connectivity index (χ2v) is 10.9. The highest BCUT2D eigenvalue weighted by atomic mass is 35.5. The number of ether oxygens (including phenoxy) is 2. The number of benzene rings is 3. The number of allylic oxidation sites excluding steroid dienone is 1. The van der Waals surface area contributed by atoms with Crippen molar-refractivity contribution >= 4 is 69.4 Å². The van der Waals surface area contributed by atoms with Crippen LogP contribution in [-0.4, -0.2) is 27.8 Å². The van der Waals surface area contributed by atoms with E-state index in [1.54, 1.807) is 36.4 Å². The number of hydrogen-bond donors (Lipinski definition) is 1. The summed E-state index contributed by atoms with van der Waals surface area (Å²) in [6.07, 6.45) is 4.01. The lowest BCUT2D eigenvalue weighted by molar-refractivity contribution is -0.123. The Bertz CT molecular complexity index is 1440. The van der Waals surface area contributed by atoms with E-state index in [0.717, 1.165) is 33.5 Å². The Hall–Kier alpha value is -3.30. The highest BCUT2D eigenvalue weighted by Crippen LogP contribution is 2.37. The minimum Gasteiger partial charge on any atom is -0.490 e. The van der Waals surface area contributed by atoms with Gasteiger partial charge in [-0.2, -0.15) is 5.01 Å². The van der Waals surface area contributed by atoms with Crippen molar-refractivity contribution < 1.29 is 19.1 Å². The van der Waals surface area contributed by atoms with Crippen LogP contribution in [0.15, 0.2) is 78.2 Å². The molecule has 0 saturated carbocycles. The first kappa shape index (κ1) is 28.7. The number of rotatable bonds is 10. The second kappa shape index (κ2) is 13.2. The summed E-state index contributed by atoms with van der Waals surface area (Å²) in [5.74, 6) is 0.243. The van der Waals surface area contributed by atoms with E-state index >= 15 is 0 Å². The molecule has 0 aromatic heterocycles. The van der Waals surface area contributed by atoms with Crippen molar-refractivity contribution in [2.24, 2.45) is 0 Å². The van der Waals surface area contributed by atoms with Crippen LogP contribution in [-0.2, 0) is 17.8 Å². The van der Waals surface area contributed by atoms with Crippen LogP contribution in [0, 0.1) is 0 Å². The summed E-state index contributed by atoms with van der Waals surface area (Å²) in [6, 6.07) is 17.5. The van der Waals surface area contributed by atoms with E-state index in [2.05, 4.69) is 12.0 Å². The molecule has 39 heavy (non-hydrogen) atoms. The molecule has 2 amide bonds. The number of carbonyl (C=O) groups excluding carboxylic acids is 2. The predicted octanol–water partition coefficient (Wildman–Crippen LogP) is 7.25. The first-order valence-corrected chi connectivity index (χ1v) is 13.9. The van der Waals surface area contributed by atoms with Crippen LogP contribution in [0.4, 0.5) is 0 Å². The number of thiocarbonyl (C=S) groups is 1. The lowest BCUT2D eigenvalue weighted by Crippen LogP contribution is -2.44. The van der Waals surface area contributed by atoms with Gasteiger partial charge in [-0.3, -0.25) is 15.0 Å². The van der Waals surface area contributed by atoms with Gasteiger partial charge in [-0.1, -0.05) is 53.2 Å². The third kappa shape index (κ3) is 7.22. The van der Waals surface area contributed by atoms with Crippen molar-refractivity contribution in [2.45, 2.75) is 20.0 Å². The monoisotopic (exact) mass is 598 g/mol. The molecule has 1 aliphatic heterocycles. The lowest BCUT2D eigenvalue weighted by Gasteiger charge is -2.17. The highest BCUT2D eigenvalue weighted by Gasteiger charge is 2.34. The molecular weight excluding hydrogens is 575 g/mol. The quantitative estimate of drug-likeness (QED) is 0.151. The number of hydrogen-bond acceptors (Lipinski definition) is 6. The lowest BCUT2D eigenvalue weighted by atomic mass is 10.0. The van der Waals surface area contributed by atoms with E-state index in [9.17, 15) is 9.59 Å². The van der Waals surface area contributed by atoms with Gasteiger partial charge in [0.2, 0.25) is 0 Å². The van der Waals surface area contributed by atoms with Crippen LogP contribution in [0.3, 0.4) is 0 Å². The number of thioether (sulfide) groups is 1. The summed E-state index contributed by atoms with van der Waals surface area (Å²) in [5, 5.41) is 2.23. The van der Waals surface area contributed by atoms with Gasteiger partial charge in [0.05, 0.1) is 11.5 Å². The number of halogens is 2. The fourth-order valence-electron chi connectivity index (χ4n) is 3.72. The predicted molar refractivity (Wildman–Crippen MR) is 161 cm³/mol. The molecule has 1 heterocycles. The fourth-order valence-corrected chi connectivity index (χ4v) is 5.15. The van der Waals surface area contributed by atoms with Crippen LogP contribution < -0.4 is 14.9 Å². The van der Waals surface area contributed by atoms with Gasteiger partial charge < -0.3 is 9.47 Å². The molecule has 4 rings (SSSR count). The molecule has 200 valence electrons. The van der Waals surface area contributed by atoms with E-state index in [1.165, 1.54) is 0 Å². The van der Waals surface area contributed by atoms with E-state index in [4.69, 9.17) is 44.9 Å². The summed E-state index contributed by atoms with van der Waals surface area (Å²) >= 11 is 18.4. The van der Waals surface area contributed by atoms with Gasteiger partial charge in [0.1, 0.15) is 6.61 Å². The van der Waals surface area contributed by atoms with E-state index in [1.807, 2.05) is 43.3 Å². The standard InChI is InChI=1S/C29H24Cl2N2O4S2/c1-3-5-21-14-19(15-24(36-4-2)26(21)37-17-18-6-10-22(30)11-7-18)16-25-28(35)33(29(38)39-25)32-27(34)20-8-12-23(31)13-9-20/h3,6-16H,1,4-5,17H2,2H3,(H,32,34)/b25-16-. The van der Waals surface area contributed by atoms with Crippen molar-refractivity contribution in [3.63, 3.8) is 0 Å². The molecule has 0 unspecified atom stereocenters. The van der Waals surface area contributed by atoms with Gasteiger partial charge >= 0.3 is 0 Å². The molecule has 0 radical (unpaired) electrons. The molecule has 1 N–H and O–H groups in total. The average Bonchev–Trinajstić information content (AvgIpc) is 3.17. The molecule has 3 aromatic carbocycles. The molecular formula is C29H24Cl2N2O4S2. The maximum atomic E-state index is 13.1. The van der Waals surface area contributed by atoms with Crippen molar-refractivity contribution in [2.75, 3.05) is 6.61 Å². The maximum Gasteiger partial charge on any atom is 0.285 e. The minimum absolute atomic E-state index is 0.216. The summed E-state index contributed by atoms with van der Waals surface area (Å²) < 4.78 is 12.3. The molecule has 6 nitrogen and oxygen atoms in total.